The number of benzene rings is 1. The molecule has 1 aromatic carbocycles. The first-order valence-electron chi connectivity index (χ1n) is 8.16. The summed E-state index contributed by atoms with van der Waals surface area (Å²) >= 11 is 0. The molecule has 0 amide bonds. The number of aromatic nitrogens is 3. The lowest BCUT2D eigenvalue weighted by atomic mass is 10.1. The van der Waals surface area contributed by atoms with Crippen LogP contribution in [0.3, 0.4) is 0 Å². The molecule has 26 heavy (non-hydrogen) atoms. The van der Waals surface area contributed by atoms with Crippen LogP contribution in [0.5, 0.6) is 0 Å². The summed E-state index contributed by atoms with van der Waals surface area (Å²) in [6, 6.07) is 12.8. The number of rotatable bonds is 4. The molecule has 0 aliphatic heterocycles. The molecule has 2 N–H and O–H groups in total. The van der Waals surface area contributed by atoms with E-state index in [1.54, 1.807) is 12.3 Å². The van der Waals surface area contributed by atoms with Gasteiger partial charge in [0.05, 0.1) is 5.92 Å². The van der Waals surface area contributed by atoms with Crippen molar-refractivity contribution in [1.29, 1.82) is 0 Å². The predicted molar refractivity (Wildman–Crippen MR) is 94.6 cm³/mol. The van der Waals surface area contributed by atoms with E-state index in [-0.39, 0.29) is 22.3 Å². The van der Waals surface area contributed by atoms with E-state index in [0.29, 0.717) is 11.7 Å². The lowest BCUT2D eigenvalue weighted by Gasteiger charge is -2.03. The van der Waals surface area contributed by atoms with Crippen LogP contribution in [0, 0.1) is 5.41 Å². The van der Waals surface area contributed by atoms with Crippen LogP contribution in [0.2, 0.25) is 0 Å². The Morgan fingerprint density at radius 2 is 1.81 bits per heavy atom. The molecule has 134 valence electrons. The standard InChI is InChI=1S/C18H18N4O3S/c1-18(2)14(12-8-9-13(20-10-12)26(19,23)24)15(18)17-21-16(22-25-17)11-6-4-3-5-7-11/h3-10,14-15H,1-2H3,(H2,19,23,24). The first-order valence-corrected chi connectivity index (χ1v) is 9.71. The highest BCUT2D eigenvalue weighted by Gasteiger charge is 2.62. The zero-order chi connectivity index (χ0) is 18.5. The number of sulfonamides is 1. The molecular weight excluding hydrogens is 352 g/mol. The van der Waals surface area contributed by atoms with Crippen LogP contribution in [0.15, 0.2) is 58.2 Å². The maximum atomic E-state index is 11.4. The Balaban J connectivity index is 1.62. The second-order valence-electron chi connectivity index (χ2n) is 7.07. The quantitative estimate of drug-likeness (QED) is 0.755. The van der Waals surface area contributed by atoms with Gasteiger partial charge in [-0.05, 0) is 17.0 Å². The third-order valence-electron chi connectivity index (χ3n) is 4.98. The van der Waals surface area contributed by atoms with Gasteiger partial charge in [-0.3, -0.25) is 0 Å². The lowest BCUT2D eigenvalue weighted by Crippen LogP contribution is -2.13. The van der Waals surface area contributed by atoms with Gasteiger partial charge in [0.15, 0.2) is 5.03 Å². The molecule has 3 aromatic rings. The SMILES string of the molecule is CC1(C)C(c2ccc(S(N)(=O)=O)nc2)C1c1nc(-c2ccccc2)no1. The molecule has 4 rings (SSSR count). The molecule has 1 fully saturated rings. The minimum Gasteiger partial charge on any atom is -0.339 e. The van der Waals surface area contributed by atoms with Crippen molar-refractivity contribution < 1.29 is 12.9 Å². The smallest absolute Gasteiger partial charge is 0.255 e. The van der Waals surface area contributed by atoms with Crippen LogP contribution in [0.25, 0.3) is 11.4 Å². The van der Waals surface area contributed by atoms with Crippen LogP contribution in [-0.2, 0) is 10.0 Å². The Bertz CT molecular complexity index is 1040. The average molecular weight is 370 g/mol. The van der Waals surface area contributed by atoms with E-state index in [4.69, 9.17) is 9.66 Å². The van der Waals surface area contributed by atoms with E-state index in [1.807, 2.05) is 30.3 Å². The largest absolute Gasteiger partial charge is 0.339 e. The fourth-order valence-corrected chi connectivity index (χ4v) is 3.99. The highest BCUT2D eigenvalue weighted by atomic mass is 32.2. The molecule has 0 bridgehead atoms. The zero-order valence-corrected chi connectivity index (χ0v) is 15.1. The Hall–Kier alpha value is -2.58. The number of nitrogens with zero attached hydrogens (tertiary/aromatic N) is 3. The third-order valence-corrected chi connectivity index (χ3v) is 5.80. The van der Waals surface area contributed by atoms with Gasteiger partial charge in [-0.25, -0.2) is 18.5 Å². The molecule has 2 aromatic heterocycles. The summed E-state index contributed by atoms with van der Waals surface area (Å²) in [5, 5.41) is 9.06. The van der Waals surface area contributed by atoms with Gasteiger partial charge in [0.2, 0.25) is 11.7 Å². The van der Waals surface area contributed by atoms with Crippen molar-refractivity contribution in [3.05, 3.63) is 60.1 Å². The number of pyridine rings is 1. The van der Waals surface area contributed by atoms with Crippen LogP contribution >= 0.6 is 0 Å². The molecule has 2 atom stereocenters. The predicted octanol–water partition coefficient (Wildman–Crippen LogP) is 2.69. The number of hydrogen-bond acceptors (Lipinski definition) is 6. The second kappa shape index (κ2) is 5.72. The highest BCUT2D eigenvalue weighted by Crippen LogP contribution is 2.69. The maximum absolute atomic E-state index is 11.4. The normalized spacial score (nSPS) is 21.5. The van der Waals surface area contributed by atoms with E-state index in [0.717, 1.165) is 11.1 Å². The molecule has 0 spiro atoms. The van der Waals surface area contributed by atoms with Gasteiger partial charge in [-0.1, -0.05) is 55.4 Å². The Labute approximate surface area is 151 Å². The topological polar surface area (TPSA) is 112 Å². The molecule has 1 saturated carbocycles. The summed E-state index contributed by atoms with van der Waals surface area (Å²) in [6.07, 6.45) is 1.56. The van der Waals surface area contributed by atoms with Gasteiger partial charge >= 0.3 is 0 Å². The lowest BCUT2D eigenvalue weighted by molar-refractivity contribution is 0.368. The highest BCUT2D eigenvalue weighted by molar-refractivity contribution is 7.89. The summed E-state index contributed by atoms with van der Waals surface area (Å²) in [4.78, 5) is 8.53. The Morgan fingerprint density at radius 1 is 1.08 bits per heavy atom. The van der Waals surface area contributed by atoms with Crippen molar-refractivity contribution in [2.75, 3.05) is 0 Å². The first-order chi connectivity index (χ1) is 12.3. The van der Waals surface area contributed by atoms with Gasteiger partial charge in [-0.2, -0.15) is 4.98 Å². The van der Waals surface area contributed by atoms with Crippen molar-refractivity contribution in [3.8, 4) is 11.4 Å². The molecule has 2 unspecified atom stereocenters. The molecule has 1 aliphatic rings. The van der Waals surface area contributed by atoms with Crippen molar-refractivity contribution in [2.45, 2.75) is 30.7 Å². The first kappa shape index (κ1) is 16.9. The van der Waals surface area contributed by atoms with Crippen molar-refractivity contribution in [1.82, 2.24) is 15.1 Å². The molecule has 1 aliphatic carbocycles. The van der Waals surface area contributed by atoms with Crippen molar-refractivity contribution >= 4 is 10.0 Å². The summed E-state index contributed by atoms with van der Waals surface area (Å²) in [7, 11) is -3.80. The summed E-state index contributed by atoms with van der Waals surface area (Å²) in [6.45, 7) is 4.23. The van der Waals surface area contributed by atoms with Gasteiger partial charge in [0.1, 0.15) is 0 Å². The molecule has 7 nitrogen and oxygen atoms in total. The van der Waals surface area contributed by atoms with Crippen LogP contribution in [0.4, 0.5) is 0 Å². The van der Waals surface area contributed by atoms with Crippen LogP contribution in [-0.4, -0.2) is 23.5 Å². The fourth-order valence-electron chi connectivity index (χ4n) is 3.53. The van der Waals surface area contributed by atoms with Crippen LogP contribution < -0.4 is 5.14 Å². The number of hydrogen-bond donors (Lipinski definition) is 1. The minimum absolute atomic E-state index is 0.0506. The fraction of sp³-hybridized carbons (Fsp3) is 0.278. The van der Waals surface area contributed by atoms with Gasteiger partial charge in [0.25, 0.3) is 10.0 Å². The van der Waals surface area contributed by atoms with E-state index in [9.17, 15) is 8.42 Å². The number of primary sulfonamides is 1. The third kappa shape index (κ3) is 2.81. The summed E-state index contributed by atoms with van der Waals surface area (Å²) < 4.78 is 28.2. The molecule has 0 saturated heterocycles. The van der Waals surface area contributed by atoms with E-state index in [2.05, 4.69) is 29.0 Å². The zero-order valence-electron chi connectivity index (χ0n) is 14.3. The molecule has 8 heteroatoms. The van der Waals surface area contributed by atoms with E-state index < -0.39 is 10.0 Å². The van der Waals surface area contributed by atoms with Crippen LogP contribution in [0.1, 0.15) is 37.1 Å². The van der Waals surface area contributed by atoms with Gasteiger partial charge < -0.3 is 4.52 Å². The van der Waals surface area contributed by atoms with Crippen molar-refractivity contribution in [2.24, 2.45) is 10.6 Å². The van der Waals surface area contributed by atoms with Crippen molar-refractivity contribution in [3.63, 3.8) is 0 Å². The summed E-state index contributed by atoms with van der Waals surface area (Å²) in [5.74, 6) is 1.31. The maximum Gasteiger partial charge on any atom is 0.255 e. The Kier molecular flexibility index (Phi) is 3.71. The number of nitrogens with two attached hydrogens (primary N) is 1. The van der Waals surface area contributed by atoms with Gasteiger partial charge in [0, 0.05) is 17.7 Å². The summed E-state index contributed by atoms with van der Waals surface area (Å²) in [5.41, 5.74) is 1.73. The second-order valence-corrected chi connectivity index (χ2v) is 8.58. The van der Waals surface area contributed by atoms with E-state index in [1.165, 1.54) is 6.07 Å². The molecule has 2 heterocycles. The molecule has 0 radical (unpaired) electrons. The molecular formula is C18H18N4O3S. The average Bonchev–Trinajstić information content (AvgIpc) is 2.95. The van der Waals surface area contributed by atoms with Gasteiger partial charge in [-0.15, -0.1) is 0 Å². The monoisotopic (exact) mass is 370 g/mol. The minimum atomic E-state index is -3.80. The van der Waals surface area contributed by atoms with E-state index >= 15 is 0 Å². The Morgan fingerprint density at radius 3 is 2.42 bits per heavy atom.